The number of hydrogen-bond donors (Lipinski definition) is 1. The Bertz CT molecular complexity index is 943. The number of pyridine rings is 1. The summed E-state index contributed by atoms with van der Waals surface area (Å²) in [5.41, 5.74) is 2.36. The van der Waals surface area contributed by atoms with Crippen molar-refractivity contribution in [3.05, 3.63) is 66.6 Å². The fourth-order valence-electron chi connectivity index (χ4n) is 4.49. The number of ether oxygens (including phenoxy) is 1. The Morgan fingerprint density at radius 3 is 2.46 bits per heavy atom. The van der Waals surface area contributed by atoms with Crippen molar-refractivity contribution < 1.29 is 9.53 Å². The number of H-pyrrole nitrogens is 1. The van der Waals surface area contributed by atoms with Gasteiger partial charge in [0, 0.05) is 42.9 Å². The van der Waals surface area contributed by atoms with Crippen LogP contribution in [0.1, 0.15) is 36.2 Å². The molecule has 2 bridgehead atoms. The second kappa shape index (κ2) is 7.11. The first-order chi connectivity index (χ1) is 13.8. The van der Waals surface area contributed by atoms with E-state index in [2.05, 4.69) is 20.1 Å². The van der Waals surface area contributed by atoms with Crippen molar-refractivity contribution in [3.63, 3.8) is 0 Å². The number of benzene rings is 1. The van der Waals surface area contributed by atoms with Crippen LogP contribution in [0, 0.1) is 0 Å². The SMILES string of the molecule is O=C(c1cc(-c2ccccc2)n[nH]1)N1C2CCC1CC(Oc1ccncc1)C2. The Morgan fingerprint density at radius 2 is 1.75 bits per heavy atom. The molecular weight excluding hydrogens is 352 g/mol. The molecule has 28 heavy (non-hydrogen) atoms. The van der Waals surface area contributed by atoms with Gasteiger partial charge in [-0.3, -0.25) is 14.9 Å². The quantitative estimate of drug-likeness (QED) is 0.756. The topological polar surface area (TPSA) is 71.1 Å². The van der Waals surface area contributed by atoms with Gasteiger partial charge < -0.3 is 9.64 Å². The molecule has 2 aliphatic rings. The average molecular weight is 374 g/mol. The zero-order valence-corrected chi connectivity index (χ0v) is 15.5. The molecule has 3 aromatic rings. The molecular formula is C22H22N4O2. The summed E-state index contributed by atoms with van der Waals surface area (Å²) < 4.78 is 6.13. The van der Waals surface area contributed by atoms with Crippen LogP contribution in [0.4, 0.5) is 0 Å². The van der Waals surface area contributed by atoms with E-state index in [1.165, 1.54) is 0 Å². The van der Waals surface area contributed by atoms with Crippen molar-refractivity contribution in [1.29, 1.82) is 0 Å². The molecule has 142 valence electrons. The minimum absolute atomic E-state index is 0.0459. The van der Waals surface area contributed by atoms with Gasteiger partial charge in [-0.2, -0.15) is 5.10 Å². The van der Waals surface area contributed by atoms with Crippen molar-refractivity contribution in [2.45, 2.75) is 43.9 Å². The largest absolute Gasteiger partial charge is 0.490 e. The Balaban J connectivity index is 1.30. The molecule has 0 aliphatic carbocycles. The monoisotopic (exact) mass is 374 g/mol. The van der Waals surface area contributed by atoms with E-state index in [1.807, 2.05) is 48.5 Å². The number of aromatic nitrogens is 3. The predicted molar refractivity (Wildman–Crippen MR) is 105 cm³/mol. The summed E-state index contributed by atoms with van der Waals surface area (Å²) in [6.07, 6.45) is 7.43. The third-order valence-electron chi connectivity index (χ3n) is 5.75. The van der Waals surface area contributed by atoms with Crippen LogP contribution in [0.2, 0.25) is 0 Å². The molecule has 1 amide bonds. The van der Waals surface area contributed by atoms with E-state index in [9.17, 15) is 4.79 Å². The van der Waals surface area contributed by atoms with Gasteiger partial charge in [0.25, 0.3) is 5.91 Å². The van der Waals surface area contributed by atoms with Gasteiger partial charge >= 0.3 is 0 Å². The summed E-state index contributed by atoms with van der Waals surface area (Å²) in [5.74, 6) is 0.893. The van der Waals surface area contributed by atoms with Crippen LogP contribution in [0.15, 0.2) is 60.9 Å². The summed E-state index contributed by atoms with van der Waals surface area (Å²) in [4.78, 5) is 19.3. The normalized spacial score (nSPS) is 23.6. The Hall–Kier alpha value is -3.15. The van der Waals surface area contributed by atoms with Gasteiger partial charge in [0.2, 0.25) is 0 Å². The highest BCUT2D eigenvalue weighted by Gasteiger charge is 2.44. The fourth-order valence-corrected chi connectivity index (χ4v) is 4.49. The number of nitrogens with zero attached hydrogens (tertiary/aromatic N) is 3. The van der Waals surface area contributed by atoms with Gasteiger partial charge in [-0.15, -0.1) is 0 Å². The molecule has 2 fully saturated rings. The molecule has 5 rings (SSSR count). The first-order valence-electron chi connectivity index (χ1n) is 9.78. The van der Waals surface area contributed by atoms with Crippen molar-refractivity contribution in [2.75, 3.05) is 0 Å². The van der Waals surface area contributed by atoms with E-state index < -0.39 is 0 Å². The highest BCUT2D eigenvalue weighted by molar-refractivity contribution is 5.94. The first kappa shape index (κ1) is 17.0. The van der Waals surface area contributed by atoms with Crippen molar-refractivity contribution in [1.82, 2.24) is 20.1 Å². The van der Waals surface area contributed by atoms with E-state index in [4.69, 9.17) is 4.74 Å². The average Bonchev–Trinajstić information content (AvgIpc) is 3.32. The van der Waals surface area contributed by atoms with Crippen LogP contribution in [-0.4, -0.2) is 44.2 Å². The number of rotatable bonds is 4. The maximum Gasteiger partial charge on any atom is 0.272 e. The molecule has 2 saturated heterocycles. The van der Waals surface area contributed by atoms with Gasteiger partial charge in [-0.25, -0.2) is 0 Å². The molecule has 2 aromatic heterocycles. The second-order valence-corrected chi connectivity index (χ2v) is 7.52. The van der Waals surface area contributed by atoms with Crippen LogP contribution in [0.3, 0.4) is 0 Å². The van der Waals surface area contributed by atoms with Gasteiger partial charge in [-0.05, 0) is 31.0 Å². The standard InChI is InChI=1S/C22H22N4O2/c27-22(21-14-20(24-25-21)15-4-2-1-3-5-15)26-16-6-7-17(26)13-19(12-16)28-18-8-10-23-11-9-18/h1-5,8-11,14,16-17,19H,6-7,12-13H2,(H,24,25). The maximum atomic E-state index is 13.2. The number of amides is 1. The van der Waals surface area contributed by atoms with Crippen molar-refractivity contribution >= 4 is 5.91 Å². The van der Waals surface area contributed by atoms with Crippen LogP contribution in [-0.2, 0) is 0 Å². The molecule has 2 unspecified atom stereocenters. The van der Waals surface area contributed by atoms with E-state index >= 15 is 0 Å². The van der Waals surface area contributed by atoms with Gasteiger partial charge in [0.1, 0.15) is 17.5 Å². The van der Waals surface area contributed by atoms with Crippen molar-refractivity contribution in [2.24, 2.45) is 0 Å². The number of aromatic amines is 1. The lowest BCUT2D eigenvalue weighted by Crippen LogP contribution is -2.49. The summed E-state index contributed by atoms with van der Waals surface area (Å²) in [7, 11) is 0. The third-order valence-corrected chi connectivity index (χ3v) is 5.75. The number of piperidine rings is 1. The first-order valence-corrected chi connectivity index (χ1v) is 9.78. The van der Waals surface area contributed by atoms with Gasteiger partial charge in [0.15, 0.2) is 0 Å². The molecule has 2 atom stereocenters. The van der Waals surface area contributed by atoms with E-state index in [0.29, 0.717) is 5.69 Å². The number of nitrogens with one attached hydrogen (secondary N) is 1. The molecule has 6 heteroatoms. The van der Waals surface area contributed by atoms with Gasteiger partial charge in [0.05, 0.1) is 5.69 Å². The lowest BCUT2D eigenvalue weighted by Gasteiger charge is -2.38. The highest BCUT2D eigenvalue weighted by Crippen LogP contribution is 2.38. The number of carbonyl (C=O) groups is 1. The molecule has 1 N–H and O–H groups in total. The molecule has 6 nitrogen and oxygen atoms in total. The number of hydrogen-bond acceptors (Lipinski definition) is 4. The maximum absolute atomic E-state index is 13.2. The minimum atomic E-state index is 0.0459. The van der Waals surface area contributed by atoms with Crippen molar-refractivity contribution in [3.8, 4) is 17.0 Å². The zero-order chi connectivity index (χ0) is 18.9. The predicted octanol–water partition coefficient (Wildman–Crippen LogP) is 3.69. The summed E-state index contributed by atoms with van der Waals surface area (Å²) in [6, 6.07) is 16.0. The summed E-state index contributed by atoms with van der Waals surface area (Å²) in [5, 5.41) is 7.28. The van der Waals surface area contributed by atoms with E-state index in [0.717, 1.165) is 42.7 Å². The molecule has 4 heterocycles. The summed E-state index contributed by atoms with van der Waals surface area (Å²) in [6.45, 7) is 0. The van der Waals surface area contributed by atoms with Crippen LogP contribution in [0.25, 0.3) is 11.3 Å². The molecule has 0 radical (unpaired) electrons. The fraction of sp³-hybridized carbons (Fsp3) is 0.318. The van der Waals surface area contributed by atoms with Crippen LogP contribution in [0.5, 0.6) is 5.75 Å². The highest BCUT2D eigenvalue weighted by atomic mass is 16.5. The second-order valence-electron chi connectivity index (χ2n) is 7.52. The Kier molecular flexibility index (Phi) is 4.31. The number of fused-ring (bicyclic) bond motifs is 2. The molecule has 1 aromatic carbocycles. The van der Waals surface area contributed by atoms with Crippen LogP contribution >= 0.6 is 0 Å². The Labute approximate surface area is 163 Å². The molecule has 0 saturated carbocycles. The molecule has 0 spiro atoms. The minimum Gasteiger partial charge on any atom is -0.490 e. The lowest BCUT2D eigenvalue weighted by molar-refractivity contribution is 0.0354. The Morgan fingerprint density at radius 1 is 1.04 bits per heavy atom. The number of carbonyl (C=O) groups excluding carboxylic acids is 1. The third kappa shape index (κ3) is 3.15. The van der Waals surface area contributed by atoms with E-state index in [1.54, 1.807) is 12.4 Å². The molecule has 2 aliphatic heterocycles. The lowest BCUT2D eigenvalue weighted by atomic mass is 9.99. The van der Waals surface area contributed by atoms with E-state index in [-0.39, 0.29) is 24.1 Å². The summed E-state index contributed by atoms with van der Waals surface area (Å²) >= 11 is 0. The zero-order valence-electron chi connectivity index (χ0n) is 15.5. The van der Waals surface area contributed by atoms with Crippen LogP contribution < -0.4 is 4.74 Å². The smallest absolute Gasteiger partial charge is 0.272 e. The van der Waals surface area contributed by atoms with Gasteiger partial charge in [-0.1, -0.05) is 30.3 Å².